The van der Waals surface area contributed by atoms with E-state index < -0.39 is 0 Å². The van der Waals surface area contributed by atoms with Gasteiger partial charge in [0.05, 0.1) is 38.3 Å². The fourth-order valence-corrected chi connectivity index (χ4v) is 1.35. The Kier molecular flexibility index (Phi) is 3.64. The fourth-order valence-electron chi connectivity index (χ4n) is 1.35. The van der Waals surface area contributed by atoms with Gasteiger partial charge in [-0.2, -0.15) is 5.26 Å². The first-order chi connectivity index (χ1) is 7.88. The van der Waals surface area contributed by atoms with E-state index in [0.29, 0.717) is 37.9 Å². The standard InChI is InChI=1S/C10H12N4O2/c11-3-8-4-13-10(6-12-8)14-5-9-7-15-1-2-16-9/h4,6,9H,1-2,5,7H2,(H,13,14). The molecule has 0 spiro atoms. The molecule has 84 valence electrons. The van der Waals surface area contributed by atoms with Crippen LogP contribution < -0.4 is 5.32 Å². The summed E-state index contributed by atoms with van der Waals surface area (Å²) in [7, 11) is 0. The van der Waals surface area contributed by atoms with Gasteiger partial charge >= 0.3 is 0 Å². The second-order valence-electron chi connectivity index (χ2n) is 3.35. The van der Waals surface area contributed by atoms with E-state index in [9.17, 15) is 0 Å². The van der Waals surface area contributed by atoms with Crippen LogP contribution in [0.1, 0.15) is 5.69 Å². The molecule has 0 aromatic carbocycles. The lowest BCUT2D eigenvalue weighted by Crippen LogP contribution is -2.34. The monoisotopic (exact) mass is 220 g/mol. The largest absolute Gasteiger partial charge is 0.376 e. The zero-order valence-corrected chi connectivity index (χ0v) is 8.72. The van der Waals surface area contributed by atoms with Crippen LogP contribution in [0, 0.1) is 11.3 Å². The molecule has 2 heterocycles. The summed E-state index contributed by atoms with van der Waals surface area (Å²) in [5.41, 5.74) is 0.308. The number of nitrogens with zero attached hydrogens (tertiary/aromatic N) is 3. The number of rotatable bonds is 3. The SMILES string of the molecule is N#Cc1cnc(NCC2COCCO2)cn1. The van der Waals surface area contributed by atoms with E-state index in [4.69, 9.17) is 14.7 Å². The van der Waals surface area contributed by atoms with Crippen LogP contribution in [0.4, 0.5) is 5.82 Å². The van der Waals surface area contributed by atoms with E-state index in [-0.39, 0.29) is 6.10 Å². The van der Waals surface area contributed by atoms with Gasteiger partial charge in [0.1, 0.15) is 11.9 Å². The van der Waals surface area contributed by atoms with E-state index in [1.807, 2.05) is 6.07 Å². The molecule has 1 aromatic rings. The Morgan fingerprint density at radius 2 is 2.38 bits per heavy atom. The number of hydrogen-bond donors (Lipinski definition) is 1. The van der Waals surface area contributed by atoms with Gasteiger partial charge in [0.2, 0.25) is 0 Å². The number of anilines is 1. The van der Waals surface area contributed by atoms with Crippen LogP contribution in [0.3, 0.4) is 0 Å². The molecule has 6 nitrogen and oxygen atoms in total. The van der Waals surface area contributed by atoms with Crippen molar-refractivity contribution in [2.24, 2.45) is 0 Å². The smallest absolute Gasteiger partial charge is 0.158 e. The van der Waals surface area contributed by atoms with Crippen LogP contribution in [-0.4, -0.2) is 42.4 Å². The molecule has 1 fully saturated rings. The maximum atomic E-state index is 8.55. The van der Waals surface area contributed by atoms with Crippen LogP contribution >= 0.6 is 0 Å². The number of hydrogen-bond acceptors (Lipinski definition) is 6. The highest BCUT2D eigenvalue weighted by molar-refractivity contribution is 5.33. The van der Waals surface area contributed by atoms with E-state index in [2.05, 4.69) is 15.3 Å². The Hall–Kier alpha value is -1.71. The van der Waals surface area contributed by atoms with Crippen molar-refractivity contribution < 1.29 is 9.47 Å². The number of ether oxygens (including phenoxy) is 2. The van der Waals surface area contributed by atoms with Gasteiger partial charge in [-0.05, 0) is 0 Å². The molecule has 1 N–H and O–H groups in total. The molecule has 1 aliphatic rings. The van der Waals surface area contributed by atoms with Crippen LogP contribution in [0.15, 0.2) is 12.4 Å². The molecule has 1 unspecified atom stereocenters. The molecule has 1 saturated heterocycles. The van der Waals surface area contributed by atoms with Crippen LogP contribution in [0.25, 0.3) is 0 Å². The Morgan fingerprint density at radius 3 is 3.00 bits per heavy atom. The summed E-state index contributed by atoms with van der Waals surface area (Å²) in [5, 5.41) is 11.6. The van der Waals surface area contributed by atoms with Crippen molar-refractivity contribution >= 4 is 5.82 Å². The third-order valence-electron chi connectivity index (χ3n) is 2.16. The Balaban J connectivity index is 1.82. The van der Waals surface area contributed by atoms with Crippen molar-refractivity contribution in [1.82, 2.24) is 9.97 Å². The van der Waals surface area contributed by atoms with Crippen LogP contribution in [-0.2, 0) is 9.47 Å². The highest BCUT2D eigenvalue weighted by atomic mass is 16.6. The summed E-state index contributed by atoms with van der Waals surface area (Å²) < 4.78 is 10.7. The Morgan fingerprint density at radius 1 is 1.44 bits per heavy atom. The van der Waals surface area contributed by atoms with Crippen molar-refractivity contribution in [3.05, 3.63) is 18.1 Å². The van der Waals surface area contributed by atoms with E-state index in [1.165, 1.54) is 12.4 Å². The molecule has 0 radical (unpaired) electrons. The van der Waals surface area contributed by atoms with Crippen LogP contribution in [0.2, 0.25) is 0 Å². The van der Waals surface area contributed by atoms with Gasteiger partial charge < -0.3 is 14.8 Å². The second-order valence-corrected chi connectivity index (χ2v) is 3.35. The van der Waals surface area contributed by atoms with Gasteiger partial charge in [-0.1, -0.05) is 0 Å². The van der Waals surface area contributed by atoms with E-state index in [0.717, 1.165) is 0 Å². The summed E-state index contributed by atoms with van der Waals surface area (Å²) in [6.07, 6.45) is 3.01. The van der Waals surface area contributed by atoms with Gasteiger partial charge in [-0.3, -0.25) is 0 Å². The predicted octanol–water partition coefficient (Wildman–Crippen LogP) is 0.176. The maximum absolute atomic E-state index is 8.55. The van der Waals surface area contributed by atoms with Crippen molar-refractivity contribution in [2.45, 2.75) is 6.10 Å². The Labute approximate surface area is 93.2 Å². The topological polar surface area (TPSA) is 80.1 Å². The first-order valence-corrected chi connectivity index (χ1v) is 5.04. The molecule has 1 aromatic heterocycles. The van der Waals surface area contributed by atoms with Crippen LogP contribution in [0.5, 0.6) is 0 Å². The highest BCUT2D eigenvalue weighted by Crippen LogP contribution is 2.04. The Bertz CT molecular complexity index is 367. The average molecular weight is 220 g/mol. The number of aromatic nitrogens is 2. The molecule has 16 heavy (non-hydrogen) atoms. The third kappa shape index (κ3) is 2.89. The molecule has 0 amide bonds. The van der Waals surface area contributed by atoms with Gasteiger partial charge in [0, 0.05) is 6.54 Å². The zero-order chi connectivity index (χ0) is 11.2. The molecular weight excluding hydrogens is 208 g/mol. The lowest BCUT2D eigenvalue weighted by molar-refractivity contribution is -0.0819. The summed E-state index contributed by atoms with van der Waals surface area (Å²) in [6.45, 7) is 2.51. The quantitative estimate of drug-likeness (QED) is 0.782. The van der Waals surface area contributed by atoms with Crippen molar-refractivity contribution in [3.8, 4) is 6.07 Å². The molecule has 1 atom stereocenters. The minimum absolute atomic E-state index is 0.0474. The first kappa shape index (κ1) is 10.8. The number of nitrogens with one attached hydrogen (secondary N) is 1. The summed E-state index contributed by atoms with van der Waals surface area (Å²) >= 11 is 0. The molecule has 0 saturated carbocycles. The maximum Gasteiger partial charge on any atom is 0.158 e. The zero-order valence-electron chi connectivity index (χ0n) is 8.72. The summed E-state index contributed by atoms with van der Waals surface area (Å²) in [4.78, 5) is 7.94. The summed E-state index contributed by atoms with van der Waals surface area (Å²) in [6, 6.07) is 1.91. The molecule has 2 rings (SSSR count). The third-order valence-corrected chi connectivity index (χ3v) is 2.16. The second kappa shape index (κ2) is 5.39. The minimum atomic E-state index is 0.0474. The molecular formula is C10H12N4O2. The van der Waals surface area contributed by atoms with Gasteiger partial charge in [0.25, 0.3) is 0 Å². The fraction of sp³-hybridized carbons (Fsp3) is 0.500. The average Bonchev–Trinajstić information content (AvgIpc) is 2.38. The lowest BCUT2D eigenvalue weighted by Gasteiger charge is -2.23. The van der Waals surface area contributed by atoms with Crippen molar-refractivity contribution in [3.63, 3.8) is 0 Å². The van der Waals surface area contributed by atoms with Gasteiger partial charge in [-0.25, -0.2) is 9.97 Å². The normalized spacial score (nSPS) is 20.1. The molecule has 0 aliphatic carbocycles. The lowest BCUT2D eigenvalue weighted by atomic mass is 10.3. The van der Waals surface area contributed by atoms with Crippen molar-refractivity contribution in [1.29, 1.82) is 5.26 Å². The molecule has 0 bridgehead atoms. The molecule has 6 heteroatoms. The van der Waals surface area contributed by atoms with E-state index >= 15 is 0 Å². The van der Waals surface area contributed by atoms with E-state index in [1.54, 1.807) is 0 Å². The summed E-state index contributed by atoms with van der Waals surface area (Å²) in [5.74, 6) is 0.633. The molecule has 1 aliphatic heterocycles. The van der Waals surface area contributed by atoms with Gasteiger partial charge in [0.15, 0.2) is 5.69 Å². The number of nitriles is 1. The highest BCUT2D eigenvalue weighted by Gasteiger charge is 2.13. The first-order valence-electron chi connectivity index (χ1n) is 5.04. The predicted molar refractivity (Wildman–Crippen MR) is 55.8 cm³/mol. The van der Waals surface area contributed by atoms with Crippen molar-refractivity contribution in [2.75, 3.05) is 31.7 Å². The van der Waals surface area contributed by atoms with Gasteiger partial charge in [-0.15, -0.1) is 0 Å². The minimum Gasteiger partial charge on any atom is -0.376 e.